The zero-order chi connectivity index (χ0) is 11.5. The van der Waals surface area contributed by atoms with Crippen molar-refractivity contribution in [2.24, 2.45) is 5.92 Å². The van der Waals surface area contributed by atoms with Crippen LogP contribution in [0.1, 0.15) is 44.7 Å². The van der Waals surface area contributed by atoms with Crippen LogP contribution in [0.4, 0.5) is 0 Å². The molecule has 16 heavy (non-hydrogen) atoms. The summed E-state index contributed by atoms with van der Waals surface area (Å²) in [5.74, 6) is 0.909. The van der Waals surface area contributed by atoms with E-state index < -0.39 is 0 Å². The molecule has 88 valence electrons. The fraction of sp³-hybridized carbons (Fsp3) is 0.571. The molecule has 1 nitrogen and oxygen atoms in total. The molecule has 0 saturated heterocycles. The summed E-state index contributed by atoms with van der Waals surface area (Å²) in [5.41, 5.74) is 1.28. The fourth-order valence-electron chi connectivity index (χ4n) is 2.28. The second-order valence-electron chi connectivity index (χ2n) is 4.80. The van der Waals surface area contributed by atoms with E-state index in [4.69, 9.17) is 11.6 Å². The van der Waals surface area contributed by atoms with E-state index in [1.54, 1.807) is 0 Å². The molecule has 0 amide bonds. The smallest absolute Gasteiger partial charge is 0.0409 e. The average Bonchev–Trinajstić information content (AvgIpc) is 3.09. The lowest BCUT2D eigenvalue weighted by Crippen LogP contribution is -2.32. The summed E-state index contributed by atoms with van der Waals surface area (Å²) in [7, 11) is 0. The van der Waals surface area contributed by atoms with Crippen molar-refractivity contribution >= 4 is 11.6 Å². The summed E-state index contributed by atoms with van der Waals surface area (Å²) in [4.78, 5) is 0. The van der Waals surface area contributed by atoms with E-state index in [9.17, 15) is 0 Å². The predicted molar refractivity (Wildman–Crippen MR) is 69.8 cm³/mol. The van der Waals surface area contributed by atoms with Crippen molar-refractivity contribution < 1.29 is 0 Å². The number of halogens is 1. The molecular weight excluding hydrogens is 218 g/mol. The Morgan fingerprint density at radius 1 is 1.44 bits per heavy atom. The Morgan fingerprint density at radius 3 is 2.75 bits per heavy atom. The van der Waals surface area contributed by atoms with E-state index in [1.807, 2.05) is 12.1 Å². The van der Waals surface area contributed by atoms with Crippen molar-refractivity contribution in [1.82, 2.24) is 5.32 Å². The van der Waals surface area contributed by atoms with Crippen LogP contribution < -0.4 is 5.32 Å². The highest BCUT2D eigenvalue weighted by Gasteiger charge is 2.30. The maximum Gasteiger partial charge on any atom is 0.0409 e. The summed E-state index contributed by atoms with van der Waals surface area (Å²) in [6, 6.07) is 9.21. The second kappa shape index (κ2) is 5.20. The van der Waals surface area contributed by atoms with Crippen LogP contribution in [0.2, 0.25) is 5.02 Å². The lowest BCUT2D eigenvalue weighted by molar-refractivity contribution is 0.405. The molecule has 0 heterocycles. The minimum atomic E-state index is 0.393. The minimum absolute atomic E-state index is 0.393. The number of hydrogen-bond donors (Lipinski definition) is 1. The molecule has 1 N–H and O–H groups in total. The van der Waals surface area contributed by atoms with Gasteiger partial charge < -0.3 is 5.32 Å². The summed E-state index contributed by atoms with van der Waals surface area (Å²) in [5, 5.41) is 4.54. The number of rotatable bonds is 5. The quantitative estimate of drug-likeness (QED) is 0.810. The van der Waals surface area contributed by atoms with Crippen LogP contribution >= 0.6 is 11.6 Å². The predicted octanol–water partition coefficient (Wildman–Crippen LogP) is 4.18. The van der Waals surface area contributed by atoms with E-state index in [2.05, 4.69) is 31.3 Å². The summed E-state index contributed by atoms with van der Waals surface area (Å²) < 4.78 is 0. The third kappa shape index (κ3) is 2.99. The van der Waals surface area contributed by atoms with Crippen LogP contribution in [-0.2, 0) is 0 Å². The van der Waals surface area contributed by atoms with Crippen LogP contribution in [-0.4, -0.2) is 6.04 Å². The van der Waals surface area contributed by atoms with E-state index in [1.165, 1.54) is 24.8 Å². The van der Waals surface area contributed by atoms with Gasteiger partial charge in [-0.1, -0.05) is 30.7 Å². The SMILES string of the molecule is CCC(NC(C)c1cccc(Cl)c1)C1CC1. The van der Waals surface area contributed by atoms with Gasteiger partial charge in [-0.25, -0.2) is 0 Å². The third-order valence-electron chi connectivity index (χ3n) is 3.44. The monoisotopic (exact) mass is 237 g/mol. The highest BCUT2D eigenvalue weighted by Crippen LogP contribution is 2.35. The molecule has 2 unspecified atom stereocenters. The second-order valence-corrected chi connectivity index (χ2v) is 5.23. The zero-order valence-corrected chi connectivity index (χ0v) is 10.8. The third-order valence-corrected chi connectivity index (χ3v) is 3.68. The van der Waals surface area contributed by atoms with Crippen molar-refractivity contribution in [3.8, 4) is 0 Å². The Hall–Kier alpha value is -0.530. The van der Waals surface area contributed by atoms with Crippen LogP contribution in [0, 0.1) is 5.92 Å². The van der Waals surface area contributed by atoms with Gasteiger partial charge in [0.1, 0.15) is 0 Å². The zero-order valence-electron chi connectivity index (χ0n) is 10.0. The van der Waals surface area contributed by atoms with Crippen LogP contribution in [0.25, 0.3) is 0 Å². The van der Waals surface area contributed by atoms with Gasteiger partial charge in [-0.3, -0.25) is 0 Å². The first-order valence-corrected chi connectivity index (χ1v) is 6.60. The minimum Gasteiger partial charge on any atom is -0.307 e. The van der Waals surface area contributed by atoms with Crippen molar-refractivity contribution in [3.05, 3.63) is 34.9 Å². The highest BCUT2D eigenvalue weighted by atomic mass is 35.5. The van der Waals surface area contributed by atoms with Crippen molar-refractivity contribution in [2.45, 2.75) is 45.2 Å². The molecule has 1 aromatic carbocycles. The van der Waals surface area contributed by atoms with Gasteiger partial charge in [0.05, 0.1) is 0 Å². The summed E-state index contributed by atoms with van der Waals surface area (Å²) >= 11 is 6.01. The molecule has 1 aromatic rings. The lowest BCUT2D eigenvalue weighted by Gasteiger charge is -2.22. The molecule has 1 aliphatic carbocycles. The Balaban J connectivity index is 1.98. The first kappa shape index (κ1) is 11.9. The largest absolute Gasteiger partial charge is 0.307 e. The Kier molecular flexibility index (Phi) is 3.88. The van der Waals surface area contributed by atoms with Crippen LogP contribution in [0.15, 0.2) is 24.3 Å². The normalized spacial score (nSPS) is 19.4. The molecule has 1 aliphatic rings. The Bertz CT molecular complexity index is 346. The maximum absolute atomic E-state index is 6.01. The van der Waals surface area contributed by atoms with Crippen molar-refractivity contribution in [2.75, 3.05) is 0 Å². The molecule has 0 bridgehead atoms. The van der Waals surface area contributed by atoms with E-state index in [-0.39, 0.29) is 0 Å². The molecule has 1 fully saturated rings. The van der Waals surface area contributed by atoms with Crippen LogP contribution in [0.3, 0.4) is 0 Å². The average molecular weight is 238 g/mol. The fourth-order valence-corrected chi connectivity index (χ4v) is 2.48. The van der Waals surface area contributed by atoms with Gasteiger partial charge in [-0.15, -0.1) is 0 Å². The topological polar surface area (TPSA) is 12.0 Å². The van der Waals surface area contributed by atoms with Gasteiger partial charge in [-0.2, -0.15) is 0 Å². The molecule has 2 atom stereocenters. The summed E-state index contributed by atoms with van der Waals surface area (Å²) in [6.07, 6.45) is 4.01. The summed E-state index contributed by atoms with van der Waals surface area (Å²) in [6.45, 7) is 4.48. The van der Waals surface area contributed by atoms with Gasteiger partial charge in [0.25, 0.3) is 0 Å². The van der Waals surface area contributed by atoms with Crippen LogP contribution in [0.5, 0.6) is 0 Å². The standard InChI is InChI=1S/C14H20ClN/c1-3-14(11-7-8-11)16-10(2)12-5-4-6-13(15)9-12/h4-6,9-11,14,16H,3,7-8H2,1-2H3. The Morgan fingerprint density at radius 2 is 2.19 bits per heavy atom. The molecular formula is C14H20ClN. The molecule has 0 radical (unpaired) electrons. The van der Waals surface area contributed by atoms with E-state index >= 15 is 0 Å². The van der Waals surface area contributed by atoms with Gasteiger partial charge in [0.2, 0.25) is 0 Å². The first-order valence-electron chi connectivity index (χ1n) is 6.22. The molecule has 0 aromatic heterocycles. The van der Waals surface area contributed by atoms with Gasteiger partial charge in [0, 0.05) is 17.1 Å². The Labute approximate surface area is 103 Å². The molecule has 0 spiro atoms. The van der Waals surface area contributed by atoms with Gasteiger partial charge in [0.15, 0.2) is 0 Å². The van der Waals surface area contributed by atoms with E-state index in [0.29, 0.717) is 12.1 Å². The van der Waals surface area contributed by atoms with Gasteiger partial charge >= 0.3 is 0 Å². The van der Waals surface area contributed by atoms with E-state index in [0.717, 1.165) is 10.9 Å². The molecule has 1 saturated carbocycles. The molecule has 0 aliphatic heterocycles. The highest BCUT2D eigenvalue weighted by molar-refractivity contribution is 6.30. The number of hydrogen-bond acceptors (Lipinski definition) is 1. The maximum atomic E-state index is 6.01. The number of nitrogens with one attached hydrogen (secondary N) is 1. The molecule has 2 rings (SSSR count). The van der Waals surface area contributed by atoms with Crippen molar-refractivity contribution in [1.29, 1.82) is 0 Å². The van der Waals surface area contributed by atoms with Gasteiger partial charge in [-0.05, 0) is 49.8 Å². The first-order chi connectivity index (χ1) is 7.70. The lowest BCUT2D eigenvalue weighted by atomic mass is 10.0. The van der Waals surface area contributed by atoms with Crippen molar-refractivity contribution in [3.63, 3.8) is 0 Å². The number of benzene rings is 1. The molecule has 2 heteroatoms.